The molecule has 0 spiro atoms. The summed E-state index contributed by atoms with van der Waals surface area (Å²) in [6.07, 6.45) is 0. The minimum Gasteiger partial charge on any atom is -0.467 e. The fraction of sp³-hybridized carbons (Fsp3) is 0.263. The molecular formula is C19H16ClN3O5S. The highest BCUT2D eigenvalue weighted by Gasteiger charge is 2.19. The summed E-state index contributed by atoms with van der Waals surface area (Å²) in [6.45, 7) is 2.33. The molecule has 1 aliphatic heterocycles. The van der Waals surface area contributed by atoms with Crippen molar-refractivity contribution < 1.29 is 19.0 Å². The summed E-state index contributed by atoms with van der Waals surface area (Å²) in [5.41, 5.74) is 2.18. The van der Waals surface area contributed by atoms with Gasteiger partial charge < -0.3 is 19.2 Å². The number of aromatic nitrogens is 3. The first-order valence-electron chi connectivity index (χ1n) is 8.61. The van der Waals surface area contributed by atoms with Crippen LogP contribution in [0.2, 0.25) is 5.02 Å². The summed E-state index contributed by atoms with van der Waals surface area (Å²) in [6, 6.07) is 5.13. The zero-order chi connectivity index (χ0) is 20.5. The number of hydrogen-bond acceptors (Lipinski definition) is 8. The molecule has 29 heavy (non-hydrogen) atoms. The van der Waals surface area contributed by atoms with Crippen molar-refractivity contribution in [3.8, 4) is 5.75 Å². The van der Waals surface area contributed by atoms with Crippen molar-refractivity contribution in [3.05, 3.63) is 56.0 Å². The minimum atomic E-state index is -0.613. The molecule has 0 atom stereocenters. The molecule has 1 N–H and O–H groups in total. The number of nitrogens with one attached hydrogen (secondary N) is 1. The standard InChI is InChI=1S/C19H16ClN3O5S/c1-9-3-13(18(25)26-2)14-16(21-9)22-19(23-17(14)24)29-7-11-5-12(20)4-10-6-27-8-28-15(10)11/h3-5H,6-8H2,1-2H3,(H,21,22,23,24). The molecule has 3 aromatic rings. The first kappa shape index (κ1) is 19.7. The second-order valence-corrected chi connectivity index (χ2v) is 7.73. The number of fused-ring (bicyclic) bond motifs is 2. The number of aromatic amines is 1. The van der Waals surface area contributed by atoms with Crippen LogP contribution in [0.1, 0.15) is 27.2 Å². The summed E-state index contributed by atoms with van der Waals surface area (Å²) in [5.74, 6) is 0.587. The quantitative estimate of drug-likeness (QED) is 0.380. The number of benzene rings is 1. The van der Waals surface area contributed by atoms with Gasteiger partial charge >= 0.3 is 5.97 Å². The average molecular weight is 434 g/mol. The number of rotatable bonds is 4. The molecule has 0 fully saturated rings. The number of esters is 1. The van der Waals surface area contributed by atoms with Crippen LogP contribution in [0.25, 0.3) is 11.0 Å². The van der Waals surface area contributed by atoms with E-state index in [1.807, 2.05) is 6.07 Å². The van der Waals surface area contributed by atoms with E-state index in [0.717, 1.165) is 16.9 Å². The Hall–Kier alpha value is -2.62. The zero-order valence-electron chi connectivity index (χ0n) is 15.6. The SMILES string of the molecule is COC(=O)c1cc(C)nc2nc(SCc3cc(Cl)cc4c3OCOC4)[nH]c(=O)c12. The molecule has 0 aliphatic carbocycles. The average Bonchev–Trinajstić information content (AvgIpc) is 2.70. The molecule has 0 saturated carbocycles. The first-order chi connectivity index (χ1) is 14.0. The Kier molecular flexibility index (Phi) is 5.44. The fourth-order valence-corrected chi connectivity index (χ4v) is 4.18. The maximum Gasteiger partial charge on any atom is 0.338 e. The summed E-state index contributed by atoms with van der Waals surface area (Å²) < 4.78 is 15.7. The van der Waals surface area contributed by atoms with Gasteiger partial charge in [-0.1, -0.05) is 23.4 Å². The molecular weight excluding hydrogens is 418 g/mol. The molecule has 1 aromatic carbocycles. The van der Waals surface area contributed by atoms with Crippen LogP contribution in [0.4, 0.5) is 0 Å². The normalized spacial score (nSPS) is 13.1. The smallest absolute Gasteiger partial charge is 0.338 e. The Morgan fingerprint density at radius 2 is 2.17 bits per heavy atom. The van der Waals surface area contributed by atoms with E-state index in [4.69, 9.17) is 25.8 Å². The van der Waals surface area contributed by atoms with Gasteiger partial charge in [-0.3, -0.25) is 4.79 Å². The lowest BCUT2D eigenvalue weighted by Crippen LogP contribution is -2.16. The number of ether oxygens (including phenoxy) is 3. The maximum absolute atomic E-state index is 12.6. The Bertz CT molecular complexity index is 1180. The third-order valence-corrected chi connectivity index (χ3v) is 5.45. The molecule has 150 valence electrons. The van der Waals surface area contributed by atoms with Crippen LogP contribution >= 0.6 is 23.4 Å². The molecule has 4 rings (SSSR count). The number of nitrogens with zero attached hydrogens (tertiary/aromatic N) is 2. The van der Waals surface area contributed by atoms with Crippen molar-refractivity contribution in [2.45, 2.75) is 24.4 Å². The highest BCUT2D eigenvalue weighted by molar-refractivity contribution is 7.98. The van der Waals surface area contributed by atoms with Gasteiger partial charge in [-0.05, 0) is 25.1 Å². The number of carbonyl (C=O) groups is 1. The third-order valence-electron chi connectivity index (χ3n) is 4.30. The molecule has 0 amide bonds. The summed E-state index contributed by atoms with van der Waals surface area (Å²) in [5, 5.41) is 1.05. The monoisotopic (exact) mass is 433 g/mol. The van der Waals surface area contributed by atoms with E-state index in [1.54, 1.807) is 13.0 Å². The zero-order valence-corrected chi connectivity index (χ0v) is 17.1. The van der Waals surface area contributed by atoms with E-state index in [-0.39, 0.29) is 23.4 Å². The van der Waals surface area contributed by atoms with E-state index in [2.05, 4.69) is 15.0 Å². The van der Waals surface area contributed by atoms with E-state index in [9.17, 15) is 9.59 Å². The van der Waals surface area contributed by atoms with E-state index >= 15 is 0 Å². The molecule has 0 saturated heterocycles. The molecule has 1 aliphatic rings. The van der Waals surface area contributed by atoms with Gasteiger partial charge in [0.2, 0.25) is 0 Å². The highest BCUT2D eigenvalue weighted by Crippen LogP contribution is 2.35. The van der Waals surface area contributed by atoms with Crippen LogP contribution in [0, 0.1) is 6.92 Å². The van der Waals surface area contributed by atoms with Crippen molar-refractivity contribution in [2.75, 3.05) is 13.9 Å². The maximum atomic E-state index is 12.6. The van der Waals surface area contributed by atoms with Crippen LogP contribution in [-0.2, 0) is 21.8 Å². The summed E-state index contributed by atoms with van der Waals surface area (Å²) in [4.78, 5) is 36.1. The van der Waals surface area contributed by atoms with Crippen molar-refractivity contribution in [3.63, 3.8) is 0 Å². The van der Waals surface area contributed by atoms with Gasteiger partial charge in [0.15, 0.2) is 17.6 Å². The van der Waals surface area contributed by atoms with Crippen LogP contribution in [0.15, 0.2) is 28.2 Å². The number of carbonyl (C=O) groups excluding carboxylic acids is 1. The van der Waals surface area contributed by atoms with Crippen molar-refractivity contribution >= 4 is 40.4 Å². The highest BCUT2D eigenvalue weighted by atomic mass is 35.5. The molecule has 8 nitrogen and oxygen atoms in total. The molecule has 0 radical (unpaired) electrons. The molecule has 0 bridgehead atoms. The molecule has 3 heterocycles. The predicted molar refractivity (Wildman–Crippen MR) is 108 cm³/mol. The molecule has 0 unspecified atom stereocenters. The van der Waals surface area contributed by atoms with E-state index in [1.165, 1.54) is 24.9 Å². The van der Waals surface area contributed by atoms with Crippen LogP contribution in [-0.4, -0.2) is 34.8 Å². The fourth-order valence-electron chi connectivity index (χ4n) is 3.09. The van der Waals surface area contributed by atoms with E-state index in [0.29, 0.717) is 28.2 Å². The van der Waals surface area contributed by atoms with Gasteiger partial charge in [0.1, 0.15) is 5.75 Å². The number of halogens is 1. The van der Waals surface area contributed by atoms with Gasteiger partial charge in [0.05, 0.1) is 24.7 Å². The topological polar surface area (TPSA) is 103 Å². The van der Waals surface area contributed by atoms with Crippen molar-refractivity contribution in [1.29, 1.82) is 0 Å². The largest absolute Gasteiger partial charge is 0.467 e. The Balaban J connectivity index is 1.69. The lowest BCUT2D eigenvalue weighted by atomic mass is 10.1. The van der Waals surface area contributed by atoms with Crippen LogP contribution < -0.4 is 10.3 Å². The number of pyridine rings is 1. The first-order valence-corrected chi connectivity index (χ1v) is 9.97. The minimum absolute atomic E-state index is 0.104. The van der Waals surface area contributed by atoms with Gasteiger partial charge in [-0.2, -0.15) is 0 Å². The number of hydrogen-bond donors (Lipinski definition) is 1. The Morgan fingerprint density at radius 1 is 1.34 bits per heavy atom. The lowest BCUT2D eigenvalue weighted by molar-refractivity contribution is -0.0168. The molecule has 2 aromatic heterocycles. The third kappa shape index (κ3) is 3.93. The Morgan fingerprint density at radius 3 is 2.97 bits per heavy atom. The molecule has 10 heteroatoms. The van der Waals surface area contributed by atoms with Crippen molar-refractivity contribution in [1.82, 2.24) is 15.0 Å². The number of aryl methyl sites for hydroxylation is 1. The summed E-state index contributed by atoms with van der Waals surface area (Å²) in [7, 11) is 1.26. The van der Waals surface area contributed by atoms with Gasteiger partial charge in [-0.25, -0.2) is 14.8 Å². The predicted octanol–water partition coefficient (Wildman–Crippen LogP) is 3.23. The van der Waals surface area contributed by atoms with Crippen LogP contribution in [0.3, 0.4) is 0 Å². The Labute approximate surface area is 174 Å². The van der Waals surface area contributed by atoms with Gasteiger partial charge in [0.25, 0.3) is 5.56 Å². The second-order valence-electron chi connectivity index (χ2n) is 6.32. The number of methoxy groups -OCH3 is 1. The number of thioether (sulfide) groups is 1. The number of H-pyrrole nitrogens is 1. The lowest BCUT2D eigenvalue weighted by Gasteiger charge is -2.20. The summed E-state index contributed by atoms with van der Waals surface area (Å²) >= 11 is 7.51. The van der Waals surface area contributed by atoms with Gasteiger partial charge in [-0.15, -0.1) is 0 Å². The second kappa shape index (κ2) is 8.02. The van der Waals surface area contributed by atoms with E-state index < -0.39 is 11.5 Å². The van der Waals surface area contributed by atoms with Crippen LogP contribution in [0.5, 0.6) is 5.75 Å². The van der Waals surface area contributed by atoms with Gasteiger partial charge in [0, 0.05) is 27.6 Å². The van der Waals surface area contributed by atoms with Crippen molar-refractivity contribution in [2.24, 2.45) is 0 Å².